The maximum atomic E-state index is 13.2. The van der Waals surface area contributed by atoms with E-state index < -0.39 is 41.9 Å². The van der Waals surface area contributed by atoms with Gasteiger partial charge in [-0.2, -0.15) is 24.4 Å². The van der Waals surface area contributed by atoms with Crippen LogP contribution < -0.4 is 10.6 Å². The number of allylic oxidation sites excluding steroid dienone is 1. The highest BCUT2D eigenvalue weighted by Gasteiger charge is 2.39. The van der Waals surface area contributed by atoms with Gasteiger partial charge in [0.1, 0.15) is 17.9 Å². The minimum absolute atomic E-state index is 0.0185. The van der Waals surface area contributed by atoms with E-state index in [0.29, 0.717) is 17.9 Å². The first-order valence-electron chi connectivity index (χ1n) is 12.7. The maximum absolute atomic E-state index is 13.2. The molecule has 2 bridgehead atoms. The molecular formula is C26H40N2O6S2. The molecule has 2 saturated heterocycles. The molecule has 0 aromatic rings. The monoisotopic (exact) mass is 540 g/mol. The number of nitrogens with one attached hydrogen (secondary N) is 2. The second kappa shape index (κ2) is 14.2. The average molecular weight is 541 g/mol. The Bertz CT molecular complexity index is 859. The lowest BCUT2D eigenvalue weighted by Gasteiger charge is -2.27. The molecule has 0 radical (unpaired) electrons. The Kier molecular flexibility index (Phi) is 12.0. The number of carbonyl (C=O) groups is 5. The number of amides is 2. The van der Waals surface area contributed by atoms with Crippen molar-refractivity contribution in [2.24, 2.45) is 23.7 Å². The molecule has 6 atom stereocenters. The third-order valence-electron chi connectivity index (χ3n) is 6.71. The van der Waals surface area contributed by atoms with E-state index in [9.17, 15) is 24.0 Å². The fourth-order valence-electron chi connectivity index (χ4n) is 4.33. The molecule has 2 rings (SSSR count). The van der Waals surface area contributed by atoms with Crippen LogP contribution in [0.2, 0.25) is 0 Å². The van der Waals surface area contributed by atoms with E-state index in [1.54, 1.807) is 26.0 Å². The molecule has 36 heavy (non-hydrogen) atoms. The first-order valence-corrected chi connectivity index (χ1v) is 14.4. The molecule has 10 heteroatoms. The number of esters is 1. The van der Waals surface area contributed by atoms with Gasteiger partial charge in [-0.1, -0.05) is 40.7 Å². The van der Waals surface area contributed by atoms with E-state index in [-0.39, 0.29) is 53.8 Å². The molecule has 2 amide bonds. The molecule has 0 saturated carbocycles. The molecule has 0 aromatic heterocycles. The van der Waals surface area contributed by atoms with E-state index in [0.717, 1.165) is 0 Å². The lowest BCUT2D eigenvalue weighted by molar-refractivity contribution is -0.153. The van der Waals surface area contributed by atoms with Gasteiger partial charge < -0.3 is 15.4 Å². The molecule has 2 heterocycles. The second-order valence-corrected chi connectivity index (χ2v) is 12.2. The standard InChI is InChI=1S/C26H40N2O6S2/c1-14(2)19-11-17(29)10-18(8-6-7-9-35)34-26(33)23(15(3)4)28-25(32)20-12-22(30)21(27-24(19)31)13-36-16(20)5/h6,8,14-16,18-21,23,35H,7,9-13H2,1-5H3,(H,27,31)(H,28,32)/b8-6+/t16?,18-,19+,20?,21+,23-/m0/s1. The van der Waals surface area contributed by atoms with Crippen LogP contribution in [0.25, 0.3) is 0 Å². The number of carbonyl (C=O) groups excluding carboxylic acids is 5. The zero-order valence-electron chi connectivity index (χ0n) is 21.8. The smallest absolute Gasteiger partial charge is 0.329 e. The summed E-state index contributed by atoms with van der Waals surface area (Å²) in [6.07, 6.45) is 3.16. The van der Waals surface area contributed by atoms with Gasteiger partial charge in [0.2, 0.25) is 11.8 Å². The molecule has 0 aromatic carbocycles. The van der Waals surface area contributed by atoms with Crippen molar-refractivity contribution in [3.8, 4) is 0 Å². The van der Waals surface area contributed by atoms with Crippen molar-refractivity contribution in [2.45, 2.75) is 83.7 Å². The highest BCUT2D eigenvalue weighted by atomic mass is 32.2. The summed E-state index contributed by atoms with van der Waals surface area (Å²) >= 11 is 5.63. The van der Waals surface area contributed by atoms with Gasteiger partial charge in [-0.05, 0) is 30.1 Å². The summed E-state index contributed by atoms with van der Waals surface area (Å²) in [5.41, 5.74) is 0. The topological polar surface area (TPSA) is 119 Å². The van der Waals surface area contributed by atoms with E-state index >= 15 is 0 Å². The van der Waals surface area contributed by atoms with Crippen LogP contribution in [0, 0.1) is 23.7 Å². The molecule has 2 fully saturated rings. The summed E-state index contributed by atoms with van der Waals surface area (Å²) in [7, 11) is 0. The molecule has 2 aliphatic rings. The van der Waals surface area contributed by atoms with Gasteiger partial charge in [0.15, 0.2) is 5.78 Å². The number of thioether (sulfide) groups is 1. The number of ether oxygens (including phenoxy) is 1. The summed E-state index contributed by atoms with van der Waals surface area (Å²) in [6, 6.07) is -1.65. The fraction of sp³-hybridized carbons (Fsp3) is 0.731. The van der Waals surface area contributed by atoms with Crippen LogP contribution in [-0.4, -0.2) is 64.3 Å². The van der Waals surface area contributed by atoms with E-state index in [1.165, 1.54) is 11.8 Å². The molecule has 2 unspecified atom stereocenters. The van der Waals surface area contributed by atoms with Crippen molar-refractivity contribution in [3.05, 3.63) is 12.2 Å². The highest BCUT2D eigenvalue weighted by Crippen LogP contribution is 2.29. The summed E-state index contributed by atoms with van der Waals surface area (Å²) in [5.74, 6) is -2.52. The molecule has 8 nitrogen and oxygen atoms in total. The Morgan fingerprint density at radius 2 is 1.69 bits per heavy atom. The first kappa shape index (κ1) is 30.4. The molecule has 2 aliphatic heterocycles. The number of fused-ring (bicyclic) bond motifs is 3. The van der Waals surface area contributed by atoms with E-state index in [4.69, 9.17) is 4.74 Å². The van der Waals surface area contributed by atoms with E-state index in [2.05, 4.69) is 23.3 Å². The first-order chi connectivity index (χ1) is 16.9. The lowest BCUT2D eigenvalue weighted by Crippen LogP contribution is -2.50. The molecule has 2 N–H and O–H groups in total. The van der Waals surface area contributed by atoms with Crippen molar-refractivity contribution in [1.82, 2.24) is 10.6 Å². The van der Waals surface area contributed by atoms with Crippen LogP contribution in [0.15, 0.2) is 12.2 Å². The molecular weight excluding hydrogens is 500 g/mol. The second-order valence-electron chi connectivity index (χ2n) is 10.3. The van der Waals surface area contributed by atoms with Crippen LogP contribution in [0.3, 0.4) is 0 Å². The van der Waals surface area contributed by atoms with Crippen LogP contribution >= 0.6 is 24.4 Å². The van der Waals surface area contributed by atoms with Crippen LogP contribution in [0.4, 0.5) is 0 Å². The Balaban J connectivity index is 2.44. The van der Waals surface area contributed by atoms with Crippen molar-refractivity contribution >= 4 is 53.7 Å². The van der Waals surface area contributed by atoms with Crippen LogP contribution in [0.1, 0.15) is 60.3 Å². The van der Waals surface area contributed by atoms with Gasteiger partial charge in [0, 0.05) is 36.2 Å². The van der Waals surface area contributed by atoms with Crippen molar-refractivity contribution in [1.29, 1.82) is 0 Å². The number of Topliss-reactive ketones (excluding diaryl/α,β-unsaturated/α-hetero) is 2. The summed E-state index contributed by atoms with van der Waals surface area (Å²) in [5, 5.41) is 5.46. The minimum atomic E-state index is -0.921. The summed E-state index contributed by atoms with van der Waals surface area (Å²) in [4.78, 5) is 65.6. The van der Waals surface area contributed by atoms with Gasteiger partial charge in [-0.15, -0.1) is 0 Å². The third kappa shape index (κ3) is 8.64. The number of hydrogen-bond acceptors (Lipinski definition) is 8. The van der Waals surface area contributed by atoms with Crippen LogP contribution in [-0.2, 0) is 28.7 Å². The van der Waals surface area contributed by atoms with Crippen molar-refractivity contribution in [2.75, 3.05) is 11.5 Å². The fourth-order valence-corrected chi connectivity index (χ4v) is 5.69. The van der Waals surface area contributed by atoms with Crippen molar-refractivity contribution in [3.63, 3.8) is 0 Å². The Morgan fingerprint density at radius 3 is 2.31 bits per heavy atom. The number of cyclic esters (lactones) is 1. The largest absolute Gasteiger partial charge is 0.456 e. The number of rotatable bonds is 5. The average Bonchev–Trinajstić information content (AvgIpc) is 2.93. The molecule has 0 aliphatic carbocycles. The van der Waals surface area contributed by atoms with Gasteiger partial charge in [0.05, 0.1) is 12.0 Å². The SMILES string of the molecule is CC1SC[C@H]2NC(=O)[C@@H](C(C)C)CC(=O)C[C@H](/C=C/CCS)OC(=O)[C@H](C(C)C)NC(=O)C1CC2=O. The number of thiol groups is 1. The zero-order chi connectivity index (χ0) is 27.0. The highest BCUT2D eigenvalue weighted by molar-refractivity contribution is 8.00. The predicted molar refractivity (Wildman–Crippen MR) is 144 cm³/mol. The quantitative estimate of drug-likeness (QED) is 0.279. The lowest BCUT2D eigenvalue weighted by atomic mass is 9.88. The Morgan fingerprint density at radius 1 is 1.00 bits per heavy atom. The van der Waals surface area contributed by atoms with Crippen molar-refractivity contribution < 1.29 is 28.7 Å². The summed E-state index contributed by atoms with van der Waals surface area (Å²) in [6.45, 7) is 9.20. The number of hydrogen-bond donors (Lipinski definition) is 3. The van der Waals surface area contributed by atoms with Crippen LogP contribution in [0.5, 0.6) is 0 Å². The predicted octanol–water partition coefficient (Wildman–Crippen LogP) is 2.75. The summed E-state index contributed by atoms with van der Waals surface area (Å²) < 4.78 is 5.71. The Labute approximate surface area is 223 Å². The zero-order valence-corrected chi connectivity index (χ0v) is 23.5. The third-order valence-corrected chi connectivity index (χ3v) is 8.34. The van der Waals surface area contributed by atoms with Gasteiger partial charge in [-0.3, -0.25) is 19.2 Å². The van der Waals surface area contributed by atoms with Gasteiger partial charge in [0.25, 0.3) is 0 Å². The maximum Gasteiger partial charge on any atom is 0.329 e. The van der Waals surface area contributed by atoms with Gasteiger partial charge >= 0.3 is 5.97 Å². The van der Waals surface area contributed by atoms with Gasteiger partial charge in [-0.25, -0.2) is 4.79 Å². The normalized spacial score (nSPS) is 31.5. The Hall–Kier alpha value is -1.81. The molecule has 0 spiro atoms. The minimum Gasteiger partial charge on any atom is -0.456 e. The van der Waals surface area contributed by atoms with E-state index in [1.807, 2.05) is 20.8 Å². The number of ketones is 2. The molecule has 202 valence electrons.